The van der Waals surface area contributed by atoms with E-state index in [1.165, 1.54) is 41.9 Å². The Balaban J connectivity index is 2.02. The maximum absolute atomic E-state index is 13.5. The number of hydrogen-bond donors (Lipinski definition) is 2. The number of nitrogens with zero attached hydrogens (tertiary/aromatic N) is 1. The van der Waals surface area contributed by atoms with E-state index >= 15 is 0 Å². The van der Waals surface area contributed by atoms with Crippen molar-refractivity contribution in [3.8, 4) is 11.3 Å². The fourth-order valence-electron chi connectivity index (χ4n) is 3.92. The van der Waals surface area contributed by atoms with Crippen molar-refractivity contribution in [2.75, 3.05) is 24.7 Å². The molecule has 2 heterocycles. The van der Waals surface area contributed by atoms with E-state index in [0.29, 0.717) is 27.7 Å². The molecule has 0 radical (unpaired) electrons. The SMILES string of the molecule is CNC(=O)c1c(-c2ccc(F)cc2)oc2cc(N(C)S(C)(=N)=O)c(B3OC(C)(C)C(C)(C)O3)cc12. The molecule has 1 amide bonds. The first-order valence-electron chi connectivity index (χ1n) is 11.1. The minimum Gasteiger partial charge on any atom is -0.455 e. The highest BCUT2D eigenvalue weighted by Crippen LogP contribution is 2.40. The minimum atomic E-state index is -3.16. The van der Waals surface area contributed by atoms with Crippen molar-refractivity contribution in [2.24, 2.45) is 0 Å². The van der Waals surface area contributed by atoms with E-state index in [9.17, 15) is 13.4 Å². The second kappa shape index (κ2) is 8.36. The molecule has 0 spiro atoms. The number of fused-ring (bicyclic) bond motifs is 1. The molecule has 2 N–H and O–H groups in total. The van der Waals surface area contributed by atoms with E-state index in [-0.39, 0.29) is 17.2 Å². The van der Waals surface area contributed by atoms with Gasteiger partial charge in [0.25, 0.3) is 5.91 Å². The second-order valence-corrected chi connectivity index (χ2v) is 11.8. The molecule has 0 bridgehead atoms. The zero-order valence-corrected chi connectivity index (χ0v) is 21.6. The number of nitrogens with one attached hydrogen (secondary N) is 2. The Morgan fingerprint density at radius 3 is 2.20 bits per heavy atom. The van der Waals surface area contributed by atoms with Gasteiger partial charge in [-0.05, 0) is 58.0 Å². The third-order valence-corrected chi connectivity index (χ3v) is 8.01. The summed E-state index contributed by atoms with van der Waals surface area (Å²) in [5.41, 5.74) is 0.775. The molecule has 35 heavy (non-hydrogen) atoms. The number of benzene rings is 2. The molecule has 3 aromatic rings. The Hall–Kier alpha value is -2.89. The molecule has 1 aliphatic rings. The molecule has 1 unspecified atom stereocenters. The Bertz CT molecular complexity index is 1400. The average molecular weight is 501 g/mol. The molecule has 0 aliphatic carbocycles. The van der Waals surface area contributed by atoms with Crippen molar-refractivity contribution in [3.63, 3.8) is 0 Å². The minimum absolute atomic E-state index is 0.266. The quantitative estimate of drug-likeness (QED) is 0.516. The summed E-state index contributed by atoms with van der Waals surface area (Å²) in [6.07, 6.45) is 1.31. The Kier molecular flexibility index (Phi) is 6.02. The number of anilines is 1. The van der Waals surface area contributed by atoms with Gasteiger partial charge in [0.05, 0.1) is 22.5 Å². The van der Waals surface area contributed by atoms with E-state index in [1.54, 1.807) is 19.2 Å². The molecule has 0 saturated carbocycles. The fraction of sp³-hybridized carbons (Fsp3) is 0.375. The van der Waals surface area contributed by atoms with Crippen LogP contribution in [0.25, 0.3) is 22.3 Å². The molecule has 8 nitrogen and oxygen atoms in total. The van der Waals surface area contributed by atoms with Crippen LogP contribution in [0.2, 0.25) is 0 Å². The summed E-state index contributed by atoms with van der Waals surface area (Å²) in [4.78, 5) is 13.0. The molecular formula is C24H29BFN3O5S. The normalized spacial score (nSPS) is 18.5. The van der Waals surface area contributed by atoms with Crippen LogP contribution in [0.3, 0.4) is 0 Å². The van der Waals surface area contributed by atoms with Crippen molar-refractivity contribution >= 4 is 45.1 Å². The predicted octanol–water partition coefficient (Wildman–Crippen LogP) is 3.93. The Morgan fingerprint density at radius 1 is 1.11 bits per heavy atom. The van der Waals surface area contributed by atoms with Crippen molar-refractivity contribution in [1.82, 2.24) is 5.32 Å². The Labute approximate surface area is 205 Å². The molecule has 186 valence electrons. The number of amides is 1. The maximum Gasteiger partial charge on any atom is 0.497 e. The summed E-state index contributed by atoms with van der Waals surface area (Å²) in [7, 11) is -0.935. The fourth-order valence-corrected chi connectivity index (χ4v) is 4.46. The number of rotatable bonds is 5. The number of carbonyl (C=O) groups excluding carboxylic acids is 1. The lowest BCUT2D eigenvalue weighted by Crippen LogP contribution is -2.41. The van der Waals surface area contributed by atoms with Crippen molar-refractivity contribution < 1.29 is 27.1 Å². The lowest BCUT2D eigenvalue weighted by atomic mass is 9.77. The van der Waals surface area contributed by atoms with Crippen molar-refractivity contribution in [2.45, 2.75) is 38.9 Å². The number of carbonyl (C=O) groups is 1. The monoisotopic (exact) mass is 501 g/mol. The van der Waals surface area contributed by atoms with Crippen LogP contribution in [-0.4, -0.2) is 48.8 Å². The first-order valence-corrected chi connectivity index (χ1v) is 13.0. The zero-order valence-electron chi connectivity index (χ0n) is 20.8. The van der Waals surface area contributed by atoms with Crippen molar-refractivity contribution in [3.05, 3.63) is 47.8 Å². The largest absolute Gasteiger partial charge is 0.497 e. The van der Waals surface area contributed by atoms with E-state index < -0.39 is 34.1 Å². The van der Waals surface area contributed by atoms with E-state index in [0.717, 1.165) is 0 Å². The second-order valence-electron chi connectivity index (χ2n) is 9.69. The summed E-state index contributed by atoms with van der Waals surface area (Å²) >= 11 is 0. The lowest BCUT2D eigenvalue weighted by Gasteiger charge is -2.32. The molecular weight excluding hydrogens is 472 g/mol. The Morgan fingerprint density at radius 2 is 1.69 bits per heavy atom. The van der Waals surface area contributed by atoms with E-state index in [4.69, 9.17) is 18.5 Å². The predicted molar refractivity (Wildman–Crippen MR) is 136 cm³/mol. The van der Waals surface area contributed by atoms with Gasteiger partial charge < -0.3 is 19.0 Å². The summed E-state index contributed by atoms with van der Waals surface area (Å²) in [5.74, 6) is -0.530. The van der Waals surface area contributed by atoms with Gasteiger partial charge >= 0.3 is 7.12 Å². The first-order chi connectivity index (χ1) is 16.2. The van der Waals surface area contributed by atoms with Crippen LogP contribution in [0.5, 0.6) is 0 Å². The molecule has 1 saturated heterocycles. The van der Waals surface area contributed by atoms with Gasteiger partial charge in [-0.15, -0.1) is 0 Å². The molecule has 11 heteroatoms. The summed E-state index contributed by atoms with van der Waals surface area (Å²) in [5, 5.41) is 3.12. The number of furan rings is 1. The van der Waals surface area contributed by atoms with Gasteiger partial charge in [0, 0.05) is 42.8 Å². The molecule has 4 rings (SSSR count). The summed E-state index contributed by atoms with van der Waals surface area (Å²) < 4.78 is 54.4. The standard InChI is InChI=1S/C24H29BFN3O5S/c1-23(2)24(3,4)34-25(33-23)17-12-16-19(13-18(17)29(6)35(7,27)31)32-21(20(16)22(30)28-5)14-8-10-15(26)11-9-14/h8-13,27H,1-7H3,(H,28,30). The van der Waals surface area contributed by atoms with Gasteiger partial charge in [-0.25, -0.2) is 13.4 Å². The first kappa shape index (κ1) is 25.2. The van der Waals surface area contributed by atoms with Crippen LogP contribution < -0.4 is 15.1 Å². The highest BCUT2D eigenvalue weighted by atomic mass is 32.2. The zero-order chi connectivity index (χ0) is 25.9. The molecule has 1 atom stereocenters. The smallest absolute Gasteiger partial charge is 0.455 e. The third-order valence-electron chi connectivity index (χ3n) is 6.77. The molecule has 1 aliphatic heterocycles. The number of halogens is 1. The van der Waals surface area contributed by atoms with E-state index in [1.807, 2.05) is 27.7 Å². The van der Waals surface area contributed by atoms with Crippen LogP contribution in [0.1, 0.15) is 38.1 Å². The van der Waals surface area contributed by atoms with Crippen LogP contribution in [-0.2, 0) is 19.2 Å². The van der Waals surface area contributed by atoms with Gasteiger partial charge in [-0.2, -0.15) is 0 Å². The summed E-state index contributed by atoms with van der Waals surface area (Å²) in [6, 6.07) is 8.99. The van der Waals surface area contributed by atoms with Crippen molar-refractivity contribution in [1.29, 1.82) is 4.78 Å². The van der Waals surface area contributed by atoms with Gasteiger partial charge in [-0.3, -0.25) is 9.10 Å². The van der Waals surface area contributed by atoms with Crippen LogP contribution in [0, 0.1) is 10.6 Å². The van der Waals surface area contributed by atoms with E-state index in [2.05, 4.69) is 5.32 Å². The van der Waals surface area contributed by atoms with Crippen LogP contribution in [0.4, 0.5) is 10.1 Å². The topological polar surface area (TPSA) is 105 Å². The summed E-state index contributed by atoms with van der Waals surface area (Å²) in [6.45, 7) is 7.68. The van der Waals surface area contributed by atoms with Gasteiger partial charge in [-0.1, -0.05) is 0 Å². The number of hydrogen-bond acceptors (Lipinski definition) is 6. The van der Waals surface area contributed by atoms with Gasteiger partial charge in [0.15, 0.2) is 0 Å². The van der Waals surface area contributed by atoms with Crippen LogP contribution in [0.15, 0.2) is 40.8 Å². The van der Waals surface area contributed by atoms with Crippen LogP contribution >= 0.6 is 0 Å². The molecule has 2 aromatic carbocycles. The average Bonchev–Trinajstić information content (AvgIpc) is 3.24. The lowest BCUT2D eigenvalue weighted by molar-refractivity contribution is 0.00578. The van der Waals surface area contributed by atoms with Gasteiger partial charge in [0.1, 0.15) is 27.1 Å². The highest BCUT2D eigenvalue weighted by molar-refractivity contribution is 7.93. The highest BCUT2D eigenvalue weighted by Gasteiger charge is 2.52. The maximum atomic E-state index is 13.5. The molecule has 1 aromatic heterocycles. The molecule has 1 fully saturated rings. The third kappa shape index (κ3) is 4.32. The van der Waals surface area contributed by atoms with Gasteiger partial charge in [0.2, 0.25) is 0 Å².